The highest BCUT2D eigenvalue weighted by Crippen LogP contribution is 2.43. The van der Waals surface area contributed by atoms with E-state index in [9.17, 15) is 62.4 Å². The van der Waals surface area contributed by atoms with E-state index in [0.717, 1.165) is 57.0 Å². The number of carbonyl (C=O) groups is 6. The molecule has 24 nitrogen and oxygen atoms in total. The van der Waals surface area contributed by atoms with Gasteiger partial charge in [-0.1, -0.05) is 71.8 Å². The van der Waals surface area contributed by atoms with E-state index in [-0.39, 0.29) is 113 Å². The summed E-state index contributed by atoms with van der Waals surface area (Å²) < 4.78 is 49.4. The van der Waals surface area contributed by atoms with E-state index < -0.39 is 35.6 Å². The zero-order valence-corrected chi connectivity index (χ0v) is 54.8. The summed E-state index contributed by atoms with van der Waals surface area (Å²) in [6.07, 6.45) is 2.30. The minimum atomic E-state index is -2.70. The van der Waals surface area contributed by atoms with Crippen LogP contribution in [0.3, 0.4) is 0 Å². The molecule has 3 heterocycles. The molecule has 0 bridgehead atoms. The molecule has 0 spiro atoms. The van der Waals surface area contributed by atoms with Gasteiger partial charge in [-0.25, -0.2) is 41.6 Å². The molecule has 99 heavy (non-hydrogen) atoms. The van der Waals surface area contributed by atoms with Crippen molar-refractivity contribution in [3.8, 4) is 28.9 Å². The summed E-state index contributed by atoms with van der Waals surface area (Å²) in [6, 6.07) is 37.4. The third kappa shape index (κ3) is 16.9. The van der Waals surface area contributed by atoms with Gasteiger partial charge in [0, 0.05) is 55.4 Å². The second-order valence-electron chi connectivity index (χ2n) is 24.3. The number of benzene rings is 6. The fraction of sp³-hybridized carbons (Fsp3) is 0.278. The summed E-state index contributed by atoms with van der Waals surface area (Å²) in [7, 11) is 1.38. The Hall–Kier alpha value is -11.8. The van der Waals surface area contributed by atoms with Gasteiger partial charge in [-0.3, -0.25) is 14.4 Å². The van der Waals surface area contributed by atoms with Crippen molar-refractivity contribution in [2.45, 2.75) is 123 Å². The van der Waals surface area contributed by atoms with Gasteiger partial charge in [0.2, 0.25) is 5.92 Å². The van der Waals surface area contributed by atoms with Gasteiger partial charge in [0.25, 0.3) is 17.7 Å². The number of nitrogens with zero attached hydrogens (tertiary/aromatic N) is 7. The van der Waals surface area contributed by atoms with Gasteiger partial charge in [-0.15, -0.1) is 0 Å². The predicted molar refractivity (Wildman–Crippen MR) is 361 cm³/mol. The van der Waals surface area contributed by atoms with Crippen molar-refractivity contribution in [2.24, 2.45) is 0 Å². The molecule has 2 aliphatic carbocycles. The van der Waals surface area contributed by atoms with E-state index in [4.69, 9.17) is 27.2 Å². The lowest BCUT2D eigenvalue weighted by molar-refractivity contribution is -0.0385. The number of aliphatic hydroxyl groups excluding tert-OH is 1. The van der Waals surface area contributed by atoms with Crippen molar-refractivity contribution in [3.63, 3.8) is 0 Å². The van der Waals surface area contributed by atoms with E-state index in [1.54, 1.807) is 66.7 Å². The molecular formula is C72H74F3N13O11. The molecule has 11 rings (SSSR count). The summed E-state index contributed by atoms with van der Waals surface area (Å²) >= 11 is 0. The van der Waals surface area contributed by atoms with Crippen molar-refractivity contribution >= 4 is 52.7 Å². The second kappa shape index (κ2) is 31.0. The number of aromatic nitrogens is 6. The lowest BCUT2D eigenvalue weighted by Crippen LogP contribution is -2.24. The standard InChI is InChI=1S/C26H28F2N4O3.C26H30N4O4.C20H16FN5O4/c1-15-3-4-16(2)20(13-15)24(33)30-14-17-5-7-19(8-6-17)32-23(25(34)35)21(29)22(31-32)18-9-11-26(27,28)12-10-18;1-15-3-4-16(2)21(13-15)25(32)28-14-17-5-9-19(10-6-17)30-24(26(33)34)22(27)23(29-30)18-7-11-20(31)12-8-18;1-30-16-7-4-12(21)8-14(16)19(27)24-10-11-2-5-13(6-3-11)26-18(20(28)29)17(23)15(9-22)25-26/h3-8,13,18H,9-12,14,29H2,1-2H3,(H,30,33)(H,34,35);3-6,9-10,13,18,20,31H,7-8,11-12,14,27H2,1-2H3,(H,28,32)(H,33,34);2-8H,10,23H2,1H3,(H,24,27)(H,28,29). The number of rotatable bonds is 18. The number of halogens is 3. The van der Waals surface area contributed by atoms with Crippen LogP contribution in [0.25, 0.3) is 17.1 Å². The molecule has 3 amide bonds. The first-order valence-corrected chi connectivity index (χ1v) is 31.6. The van der Waals surface area contributed by atoms with Crippen LogP contribution in [0.4, 0.5) is 30.2 Å². The number of carboxylic acids is 3. The highest BCUT2D eigenvalue weighted by atomic mass is 19.3. The number of aromatic carboxylic acids is 3. The van der Waals surface area contributed by atoms with Crippen LogP contribution in [0, 0.1) is 44.8 Å². The molecular weight excluding hydrogens is 1280 g/mol. The Labute approximate surface area is 566 Å². The average Bonchev–Trinajstić information content (AvgIpc) is 1.65. The van der Waals surface area contributed by atoms with Gasteiger partial charge < -0.3 is 58.3 Å². The maximum atomic E-state index is 13.6. The fourth-order valence-electron chi connectivity index (χ4n) is 11.8. The number of alkyl halides is 2. The van der Waals surface area contributed by atoms with Crippen LogP contribution in [-0.4, -0.2) is 105 Å². The van der Waals surface area contributed by atoms with Crippen molar-refractivity contribution in [2.75, 3.05) is 24.3 Å². The molecule has 0 aliphatic heterocycles. The summed E-state index contributed by atoms with van der Waals surface area (Å²) in [6.45, 7) is 8.43. The van der Waals surface area contributed by atoms with Gasteiger partial charge in [-0.2, -0.15) is 20.6 Å². The number of nitrogen functional groups attached to an aromatic ring is 3. The van der Waals surface area contributed by atoms with Gasteiger partial charge in [0.05, 0.1) is 58.6 Å². The van der Waals surface area contributed by atoms with Crippen LogP contribution in [-0.2, 0) is 19.6 Å². The van der Waals surface area contributed by atoms with Crippen LogP contribution in [0.1, 0.15) is 182 Å². The number of nitrogens with one attached hydrogen (secondary N) is 3. The number of amides is 3. The largest absolute Gasteiger partial charge is 0.496 e. The van der Waals surface area contributed by atoms with Crippen molar-refractivity contribution in [3.05, 3.63) is 223 Å². The number of nitrogens with two attached hydrogens (primary N) is 3. The zero-order chi connectivity index (χ0) is 71.6. The van der Waals surface area contributed by atoms with E-state index in [1.807, 2.05) is 76.2 Å². The Morgan fingerprint density at radius 3 is 1.29 bits per heavy atom. The maximum absolute atomic E-state index is 13.6. The molecule has 0 unspecified atom stereocenters. The number of aliphatic hydroxyl groups is 1. The average molecular weight is 1350 g/mol. The van der Waals surface area contributed by atoms with Crippen molar-refractivity contribution in [1.82, 2.24) is 45.3 Å². The summed E-state index contributed by atoms with van der Waals surface area (Å²) in [4.78, 5) is 72.9. The Balaban J connectivity index is 0.000000174. The number of aryl methyl sites for hydroxylation is 4. The number of ether oxygens (including phenoxy) is 1. The van der Waals surface area contributed by atoms with E-state index >= 15 is 0 Å². The van der Waals surface area contributed by atoms with Crippen LogP contribution in [0.5, 0.6) is 5.75 Å². The second-order valence-corrected chi connectivity index (χ2v) is 24.3. The van der Waals surface area contributed by atoms with Crippen LogP contribution in [0.2, 0.25) is 0 Å². The fourth-order valence-corrected chi connectivity index (χ4v) is 11.8. The number of carbonyl (C=O) groups excluding carboxylic acids is 3. The van der Waals surface area contributed by atoms with Crippen LogP contribution >= 0.6 is 0 Å². The van der Waals surface area contributed by atoms with E-state index in [1.165, 1.54) is 28.6 Å². The molecule has 6 aromatic carbocycles. The molecule has 27 heteroatoms. The number of anilines is 3. The minimum absolute atomic E-state index is 0.0116. The number of carboxylic acid groups (broad SMARTS) is 3. The Kier molecular flexibility index (Phi) is 22.4. The number of methoxy groups -OCH3 is 1. The summed E-state index contributed by atoms with van der Waals surface area (Å²) in [5.74, 6) is -7.83. The molecule has 13 N–H and O–H groups in total. The van der Waals surface area contributed by atoms with Crippen molar-refractivity contribution < 1.29 is 67.1 Å². The number of hydrogen-bond donors (Lipinski definition) is 10. The molecule has 9 aromatic rings. The molecule has 0 radical (unpaired) electrons. The van der Waals surface area contributed by atoms with Gasteiger partial charge in [0.1, 0.15) is 23.3 Å². The lowest BCUT2D eigenvalue weighted by Gasteiger charge is -2.27. The number of nitriles is 1. The zero-order valence-electron chi connectivity index (χ0n) is 54.8. The van der Waals surface area contributed by atoms with Gasteiger partial charge in [0.15, 0.2) is 22.8 Å². The van der Waals surface area contributed by atoms with Gasteiger partial charge in [-0.05, 0) is 161 Å². The molecule has 0 saturated heterocycles. The SMILES string of the molecule is COc1ccc(F)cc1C(=O)NCc1ccc(-n2nc(C#N)c(N)c2C(=O)O)cc1.Cc1ccc(C)c(C(=O)NCc2ccc(-n3nc(C4CCC(F)(F)CC4)c(N)c3C(=O)O)cc2)c1.Cc1ccc(C)c(C(=O)NCc2ccc(-n3nc(C4CCC(O)CC4)c(N)c3C(=O)O)cc2)c1. The first-order chi connectivity index (χ1) is 47.1. The maximum Gasteiger partial charge on any atom is 0.356 e. The number of hydrogen-bond acceptors (Lipinski definition) is 15. The smallest absolute Gasteiger partial charge is 0.356 e. The Morgan fingerprint density at radius 2 is 0.909 bits per heavy atom. The first-order valence-electron chi connectivity index (χ1n) is 31.6. The topological polar surface area (TPSA) is 384 Å². The molecule has 2 aliphatic rings. The molecule has 2 fully saturated rings. The van der Waals surface area contributed by atoms with E-state index in [2.05, 4.69) is 31.2 Å². The highest BCUT2D eigenvalue weighted by Gasteiger charge is 2.38. The third-order valence-corrected chi connectivity index (χ3v) is 17.3. The van der Waals surface area contributed by atoms with Crippen LogP contribution in [0.15, 0.2) is 127 Å². The summed E-state index contributed by atoms with van der Waals surface area (Å²) in [5, 5.41) is 69.1. The minimum Gasteiger partial charge on any atom is -0.496 e. The van der Waals surface area contributed by atoms with Crippen LogP contribution < -0.4 is 37.9 Å². The van der Waals surface area contributed by atoms with Gasteiger partial charge >= 0.3 is 17.9 Å². The quantitative estimate of drug-likeness (QED) is 0.0381. The molecule has 2 saturated carbocycles. The monoisotopic (exact) mass is 1350 g/mol. The lowest BCUT2D eigenvalue weighted by atomic mass is 9.84. The first kappa shape index (κ1) is 71.5. The Morgan fingerprint density at radius 1 is 0.535 bits per heavy atom. The molecule has 514 valence electrons. The predicted octanol–water partition coefficient (Wildman–Crippen LogP) is 10.8. The molecule has 0 atom stereocenters. The third-order valence-electron chi connectivity index (χ3n) is 17.3. The van der Waals surface area contributed by atoms with Crippen molar-refractivity contribution in [1.29, 1.82) is 5.26 Å². The Bertz CT molecular complexity index is 4540. The van der Waals surface area contributed by atoms with E-state index in [0.29, 0.717) is 71.1 Å². The normalized spacial score (nSPS) is 14.8. The molecule has 3 aromatic heterocycles. The highest BCUT2D eigenvalue weighted by molar-refractivity contribution is 5.98. The summed E-state index contributed by atoms with van der Waals surface area (Å²) in [5.41, 5.74) is 27.2.